The van der Waals surface area contributed by atoms with Crippen molar-refractivity contribution in [3.05, 3.63) is 95.8 Å². The maximum absolute atomic E-state index is 14.8. The molecule has 0 atom stereocenters. The van der Waals surface area contributed by atoms with E-state index in [4.69, 9.17) is 9.47 Å². The SMILES string of the molecule is C=CCCc1ccc(C2CCC(COc3ccc(-c4ccc(OCC)c(F)c4F)c(F)c3)CC2)cc1. The average Bonchev–Trinajstić information content (AvgIpc) is 2.90. The first-order chi connectivity index (χ1) is 17.5. The molecule has 1 aliphatic carbocycles. The third-order valence-electron chi connectivity index (χ3n) is 7.00. The van der Waals surface area contributed by atoms with E-state index in [1.807, 2.05) is 6.08 Å². The summed E-state index contributed by atoms with van der Waals surface area (Å²) in [4.78, 5) is 0. The number of hydrogen-bond donors (Lipinski definition) is 0. The van der Waals surface area contributed by atoms with Crippen molar-refractivity contribution in [2.24, 2.45) is 5.92 Å². The molecule has 2 nitrogen and oxygen atoms in total. The van der Waals surface area contributed by atoms with Crippen LogP contribution in [0.25, 0.3) is 11.1 Å². The number of aryl methyl sites for hydroxylation is 1. The molecule has 4 rings (SSSR count). The average molecular weight is 495 g/mol. The van der Waals surface area contributed by atoms with Crippen molar-refractivity contribution in [1.82, 2.24) is 0 Å². The fourth-order valence-electron chi connectivity index (χ4n) is 4.91. The predicted octanol–water partition coefficient (Wildman–Crippen LogP) is 8.64. The van der Waals surface area contributed by atoms with Crippen LogP contribution >= 0.6 is 0 Å². The van der Waals surface area contributed by atoms with Crippen LogP contribution in [0.2, 0.25) is 0 Å². The second kappa shape index (κ2) is 12.2. The first-order valence-corrected chi connectivity index (χ1v) is 12.7. The van der Waals surface area contributed by atoms with E-state index in [9.17, 15) is 13.2 Å². The van der Waals surface area contributed by atoms with Crippen LogP contribution in [0, 0.1) is 23.4 Å². The minimum atomic E-state index is -1.13. The van der Waals surface area contributed by atoms with Gasteiger partial charge in [-0.15, -0.1) is 6.58 Å². The number of benzene rings is 3. The molecular formula is C31H33F3O2. The normalized spacial score (nSPS) is 17.6. The van der Waals surface area contributed by atoms with E-state index >= 15 is 0 Å². The van der Waals surface area contributed by atoms with Gasteiger partial charge in [-0.25, -0.2) is 8.78 Å². The Balaban J connectivity index is 1.31. The summed E-state index contributed by atoms with van der Waals surface area (Å²) in [6.45, 7) is 6.19. The standard InChI is InChI=1S/C31H33F3O2/c1-3-5-6-21-7-11-23(12-8-21)24-13-9-22(10-14-24)20-36-25-15-16-26(28(32)19-25)27-17-18-29(35-4-2)31(34)30(27)33/h3,7-8,11-12,15-19,22,24H,1,4-6,9-10,13-14,20H2,2H3. The van der Waals surface area contributed by atoms with Crippen LogP contribution in [0.4, 0.5) is 13.2 Å². The monoisotopic (exact) mass is 494 g/mol. The summed E-state index contributed by atoms with van der Waals surface area (Å²) in [5, 5.41) is 0. The maximum atomic E-state index is 14.8. The van der Waals surface area contributed by atoms with Crippen LogP contribution in [0.5, 0.6) is 11.5 Å². The van der Waals surface area contributed by atoms with Crippen molar-refractivity contribution in [3.8, 4) is 22.6 Å². The van der Waals surface area contributed by atoms with E-state index in [0.717, 1.165) is 38.5 Å². The smallest absolute Gasteiger partial charge is 0.201 e. The van der Waals surface area contributed by atoms with E-state index in [0.29, 0.717) is 24.2 Å². The van der Waals surface area contributed by atoms with Crippen molar-refractivity contribution in [2.45, 2.75) is 51.4 Å². The summed E-state index contributed by atoms with van der Waals surface area (Å²) in [6.07, 6.45) is 8.30. The summed E-state index contributed by atoms with van der Waals surface area (Å²) in [5.74, 6) is -1.72. The lowest BCUT2D eigenvalue weighted by atomic mass is 9.79. The highest BCUT2D eigenvalue weighted by Crippen LogP contribution is 2.37. The van der Waals surface area contributed by atoms with Gasteiger partial charge in [-0.1, -0.05) is 30.3 Å². The molecule has 0 heterocycles. The van der Waals surface area contributed by atoms with Gasteiger partial charge in [-0.2, -0.15) is 4.39 Å². The van der Waals surface area contributed by atoms with Gasteiger partial charge >= 0.3 is 0 Å². The molecule has 0 unspecified atom stereocenters. The molecule has 0 amide bonds. The van der Waals surface area contributed by atoms with Gasteiger partial charge in [0.15, 0.2) is 11.6 Å². The molecule has 190 valence electrons. The highest BCUT2D eigenvalue weighted by molar-refractivity contribution is 5.66. The molecular weight excluding hydrogens is 461 g/mol. The Labute approximate surface area is 211 Å². The molecule has 3 aromatic carbocycles. The van der Waals surface area contributed by atoms with E-state index in [-0.39, 0.29) is 23.5 Å². The molecule has 3 aromatic rings. The third kappa shape index (κ3) is 6.13. The molecule has 1 saturated carbocycles. The Morgan fingerprint density at radius 3 is 2.25 bits per heavy atom. The third-order valence-corrected chi connectivity index (χ3v) is 7.00. The van der Waals surface area contributed by atoms with Gasteiger partial charge in [0.2, 0.25) is 5.82 Å². The Hall–Kier alpha value is -3.21. The second-order valence-electron chi connectivity index (χ2n) is 9.41. The molecule has 0 radical (unpaired) electrons. The van der Waals surface area contributed by atoms with Crippen LogP contribution in [0.3, 0.4) is 0 Å². The second-order valence-corrected chi connectivity index (χ2v) is 9.41. The zero-order chi connectivity index (χ0) is 25.5. The molecule has 0 saturated heterocycles. The lowest BCUT2D eigenvalue weighted by Crippen LogP contribution is -2.19. The number of rotatable bonds is 10. The Morgan fingerprint density at radius 2 is 1.58 bits per heavy atom. The molecule has 0 bridgehead atoms. The summed E-state index contributed by atoms with van der Waals surface area (Å²) < 4.78 is 54.5. The zero-order valence-corrected chi connectivity index (χ0v) is 20.7. The highest BCUT2D eigenvalue weighted by atomic mass is 19.2. The zero-order valence-electron chi connectivity index (χ0n) is 20.7. The van der Waals surface area contributed by atoms with E-state index < -0.39 is 17.5 Å². The fraction of sp³-hybridized carbons (Fsp3) is 0.355. The van der Waals surface area contributed by atoms with Gasteiger partial charge in [0.25, 0.3) is 0 Å². The molecule has 0 aromatic heterocycles. The van der Waals surface area contributed by atoms with E-state index in [1.54, 1.807) is 13.0 Å². The van der Waals surface area contributed by atoms with E-state index in [1.165, 1.54) is 35.4 Å². The summed E-state index contributed by atoms with van der Waals surface area (Å²) in [5.41, 5.74) is 2.58. The highest BCUT2D eigenvalue weighted by Gasteiger charge is 2.23. The molecule has 36 heavy (non-hydrogen) atoms. The van der Waals surface area contributed by atoms with Crippen molar-refractivity contribution >= 4 is 0 Å². The van der Waals surface area contributed by atoms with Crippen molar-refractivity contribution < 1.29 is 22.6 Å². The maximum Gasteiger partial charge on any atom is 0.201 e. The lowest BCUT2D eigenvalue weighted by molar-refractivity contribution is 0.199. The Kier molecular flexibility index (Phi) is 8.74. The first kappa shape index (κ1) is 25.9. The van der Waals surface area contributed by atoms with Crippen LogP contribution in [-0.4, -0.2) is 13.2 Å². The number of ether oxygens (including phenoxy) is 2. The van der Waals surface area contributed by atoms with Gasteiger partial charge in [0, 0.05) is 17.2 Å². The molecule has 0 N–H and O–H groups in total. The summed E-state index contributed by atoms with van der Waals surface area (Å²) >= 11 is 0. The van der Waals surface area contributed by atoms with Gasteiger partial charge in [0.1, 0.15) is 11.6 Å². The van der Waals surface area contributed by atoms with Crippen LogP contribution < -0.4 is 9.47 Å². The predicted molar refractivity (Wildman–Crippen MR) is 138 cm³/mol. The summed E-state index contributed by atoms with van der Waals surface area (Å²) in [7, 11) is 0. The Bertz CT molecular complexity index is 1170. The topological polar surface area (TPSA) is 18.5 Å². The van der Waals surface area contributed by atoms with Crippen LogP contribution in [-0.2, 0) is 6.42 Å². The number of hydrogen-bond acceptors (Lipinski definition) is 2. The Morgan fingerprint density at radius 1 is 0.861 bits per heavy atom. The first-order valence-electron chi connectivity index (χ1n) is 12.7. The van der Waals surface area contributed by atoms with Gasteiger partial charge in [-0.3, -0.25) is 0 Å². The minimum Gasteiger partial charge on any atom is -0.493 e. The summed E-state index contributed by atoms with van der Waals surface area (Å²) in [6, 6.07) is 15.9. The molecule has 1 fully saturated rings. The molecule has 0 aliphatic heterocycles. The van der Waals surface area contributed by atoms with Crippen LogP contribution in [0.15, 0.2) is 67.3 Å². The van der Waals surface area contributed by atoms with Gasteiger partial charge < -0.3 is 9.47 Å². The molecule has 1 aliphatic rings. The largest absolute Gasteiger partial charge is 0.493 e. The van der Waals surface area contributed by atoms with Crippen molar-refractivity contribution in [3.63, 3.8) is 0 Å². The van der Waals surface area contributed by atoms with Gasteiger partial charge in [0.05, 0.1) is 13.2 Å². The quantitative estimate of drug-likeness (QED) is 0.263. The lowest BCUT2D eigenvalue weighted by Gasteiger charge is -2.29. The van der Waals surface area contributed by atoms with Crippen LogP contribution in [0.1, 0.15) is 56.1 Å². The molecule has 5 heteroatoms. The van der Waals surface area contributed by atoms with Crippen molar-refractivity contribution in [1.29, 1.82) is 0 Å². The molecule has 0 spiro atoms. The van der Waals surface area contributed by atoms with Crippen molar-refractivity contribution in [2.75, 3.05) is 13.2 Å². The number of allylic oxidation sites excluding steroid dienone is 1. The van der Waals surface area contributed by atoms with Gasteiger partial charge in [-0.05, 0) is 92.7 Å². The number of halogens is 3. The van der Waals surface area contributed by atoms with E-state index in [2.05, 4.69) is 30.8 Å². The minimum absolute atomic E-state index is 0.0159. The fourth-order valence-corrected chi connectivity index (χ4v) is 4.91.